The van der Waals surface area contributed by atoms with Crippen molar-refractivity contribution in [1.82, 2.24) is 0 Å². The molecule has 0 amide bonds. The highest BCUT2D eigenvalue weighted by molar-refractivity contribution is 7.63. The van der Waals surface area contributed by atoms with E-state index in [2.05, 4.69) is 17.6 Å². The van der Waals surface area contributed by atoms with E-state index in [-0.39, 0.29) is 11.2 Å². The molecule has 172 valence electrons. The maximum atomic E-state index is 13.7. The van der Waals surface area contributed by atoms with Gasteiger partial charge in [0.25, 0.3) is 7.37 Å². The molecule has 0 aliphatic heterocycles. The molecule has 2 aliphatic carbocycles. The van der Waals surface area contributed by atoms with Crippen LogP contribution in [-0.2, 0) is 14.8 Å². The van der Waals surface area contributed by atoms with Crippen LogP contribution in [0.4, 0.5) is 4.39 Å². The molecule has 2 aromatic rings. The predicted octanol–water partition coefficient (Wildman–Crippen LogP) is 4.91. The summed E-state index contributed by atoms with van der Waals surface area (Å²) < 4.78 is 26.4. The maximum Gasteiger partial charge on any atom is 0.305 e. The minimum absolute atomic E-state index is 0.349. The summed E-state index contributed by atoms with van der Waals surface area (Å²) in [7, 11) is -4.11. The third-order valence-electron chi connectivity index (χ3n) is 6.50. The lowest BCUT2D eigenvalue weighted by molar-refractivity contribution is -0.138. The second kappa shape index (κ2) is 9.27. The van der Waals surface area contributed by atoms with Gasteiger partial charge in [0.2, 0.25) is 0 Å². The Morgan fingerprint density at radius 2 is 1.76 bits per heavy atom. The summed E-state index contributed by atoms with van der Waals surface area (Å²) in [6.45, 7) is 0. The summed E-state index contributed by atoms with van der Waals surface area (Å²) in [5, 5.41) is 18.7. The molecule has 5 nitrogen and oxygen atoms in total. The summed E-state index contributed by atoms with van der Waals surface area (Å²) in [6.07, 6.45) is 2.15. The van der Waals surface area contributed by atoms with Crippen LogP contribution < -0.4 is 0 Å². The van der Waals surface area contributed by atoms with Gasteiger partial charge < -0.3 is 15.1 Å². The molecule has 0 bridgehead atoms. The van der Waals surface area contributed by atoms with E-state index in [1.54, 1.807) is 12.1 Å². The van der Waals surface area contributed by atoms with Crippen LogP contribution in [0.3, 0.4) is 0 Å². The van der Waals surface area contributed by atoms with Crippen molar-refractivity contribution in [2.24, 2.45) is 0 Å². The van der Waals surface area contributed by atoms with Crippen LogP contribution in [0.5, 0.6) is 0 Å². The fourth-order valence-corrected chi connectivity index (χ4v) is 6.22. The highest BCUT2D eigenvalue weighted by atomic mass is 31.2. The van der Waals surface area contributed by atoms with Gasteiger partial charge in [0, 0.05) is 16.6 Å². The highest BCUT2D eigenvalue weighted by Gasteiger charge is 2.45. The SMILES string of the molecule is O=C(O)C[C@H](O)CP(=O)(O)C#CC1=C(c2ccc(F)cc2)c2ccccc2C12CCCCC2. The third kappa shape index (κ3) is 4.82. The molecule has 1 unspecified atom stereocenters. The van der Waals surface area contributed by atoms with Crippen molar-refractivity contribution in [3.05, 3.63) is 76.6 Å². The average Bonchev–Trinajstić information content (AvgIpc) is 3.02. The summed E-state index contributed by atoms with van der Waals surface area (Å²) >= 11 is 0. The topological polar surface area (TPSA) is 94.8 Å². The molecular formula is C26H26FO5P. The molecule has 7 heteroatoms. The number of rotatable bonds is 5. The van der Waals surface area contributed by atoms with E-state index in [9.17, 15) is 23.7 Å². The van der Waals surface area contributed by atoms with Crippen molar-refractivity contribution in [3.8, 4) is 11.6 Å². The fraction of sp³-hybridized carbons (Fsp3) is 0.346. The number of aliphatic carboxylic acids is 1. The predicted molar refractivity (Wildman–Crippen MR) is 124 cm³/mol. The number of carboxylic acid groups (broad SMARTS) is 1. The first kappa shape index (κ1) is 23.4. The van der Waals surface area contributed by atoms with Crippen LogP contribution in [-0.4, -0.2) is 33.3 Å². The molecule has 2 aromatic carbocycles. The third-order valence-corrected chi connectivity index (χ3v) is 7.88. The zero-order valence-corrected chi connectivity index (χ0v) is 19.0. The Labute approximate surface area is 192 Å². The van der Waals surface area contributed by atoms with E-state index in [1.807, 2.05) is 18.2 Å². The molecule has 1 fully saturated rings. The fourth-order valence-electron chi connectivity index (χ4n) is 5.14. The zero-order valence-electron chi connectivity index (χ0n) is 18.1. The van der Waals surface area contributed by atoms with Gasteiger partial charge in [-0.05, 0) is 47.3 Å². The number of benzene rings is 2. The number of hydrogen-bond donors (Lipinski definition) is 3. The van der Waals surface area contributed by atoms with Gasteiger partial charge in [-0.3, -0.25) is 9.36 Å². The Balaban J connectivity index is 1.85. The minimum atomic E-state index is -4.11. The molecule has 0 radical (unpaired) electrons. The first-order valence-electron chi connectivity index (χ1n) is 11.1. The number of hydrogen-bond acceptors (Lipinski definition) is 3. The number of aliphatic hydroxyl groups is 1. The van der Waals surface area contributed by atoms with E-state index in [4.69, 9.17) is 5.11 Å². The quantitative estimate of drug-likeness (QED) is 0.428. The van der Waals surface area contributed by atoms with E-state index < -0.39 is 32.0 Å². The van der Waals surface area contributed by atoms with E-state index in [1.165, 1.54) is 12.1 Å². The summed E-state index contributed by atoms with van der Waals surface area (Å²) in [5.74, 6) is 1.42. The van der Waals surface area contributed by atoms with E-state index >= 15 is 0 Å². The second-order valence-corrected chi connectivity index (χ2v) is 10.8. The lowest BCUT2D eigenvalue weighted by atomic mass is 9.67. The Hall–Kier alpha value is -2.71. The molecule has 33 heavy (non-hydrogen) atoms. The standard InChI is InChI=1S/C26H26FO5P/c27-19-10-8-18(9-11-19)25-21-6-2-3-7-22(21)26(13-4-1-5-14-26)23(25)12-15-33(31,32)17-20(28)16-24(29)30/h2-3,6-11,20,28H,1,4-5,13-14,16-17H2,(H,29,30)(H,31,32)/t20-/m0/s1. The van der Waals surface area contributed by atoms with Crippen molar-refractivity contribution >= 4 is 18.9 Å². The van der Waals surface area contributed by atoms with Gasteiger partial charge in [-0.1, -0.05) is 61.6 Å². The van der Waals surface area contributed by atoms with Gasteiger partial charge in [0.05, 0.1) is 18.7 Å². The molecule has 3 N–H and O–H groups in total. The molecule has 1 spiro atoms. The van der Waals surface area contributed by atoms with Crippen LogP contribution in [0.2, 0.25) is 0 Å². The average molecular weight is 468 g/mol. The molecule has 0 saturated heterocycles. The number of carbonyl (C=O) groups is 1. The van der Waals surface area contributed by atoms with Crippen LogP contribution in [0, 0.1) is 17.4 Å². The van der Waals surface area contributed by atoms with Gasteiger partial charge in [0.1, 0.15) is 5.82 Å². The molecular weight excluding hydrogens is 442 g/mol. The number of fused-ring (bicyclic) bond motifs is 2. The van der Waals surface area contributed by atoms with Crippen LogP contribution in [0.15, 0.2) is 54.1 Å². The van der Waals surface area contributed by atoms with Crippen molar-refractivity contribution in [2.75, 3.05) is 6.16 Å². The Bertz CT molecular complexity index is 1200. The molecule has 4 rings (SSSR count). The smallest absolute Gasteiger partial charge is 0.305 e. The Kier molecular flexibility index (Phi) is 6.59. The number of allylic oxidation sites excluding steroid dienone is 1. The lowest BCUT2D eigenvalue weighted by Gasteiger charge is -2.36. The summed E-state index contributed by atoms with van der Waals surface area (Å²) in [4.78, 5) is 21.2. The number of carboxylic acids is 1. The molecule has 0 aromatic heterocycles. The Morgan fingerprint density at radius 1 is 1.09 bits per heavy atom. The van der Waals surface area contributed by atoms with E-state index in [0.29, 0.717) is 0 Å². The van der Waals surface area contributed by atoms with Gasteiger partial charge in [-0.2, -0.15) is 0 Å². The van der Waals surface area contributed by atoms with Crippen molar-refractivity contribution in [2.45, 2.75) is 50.0 Å². The van der Waals surface area contributed by atoms with Gasteiger partial charge >= 0.3 is 5.97 Å². The van der Waals surface area contributed by atoms with Crippen molar-refractivity contribution in [3.63, 3.8) is 0 Å². The Morgan fingerprint density at radius 3 is 2.42 bits per heavy atom. The number of halogens is 1. The van der Waals surface area contributed by atoms with Crippen LogP contribution in [0.25, 0.3) is 5.57 Å². The molecule has 2 aliphatic rings. The maximum absolute atomic E-state index is 13.7. The largest absolute Gasteiger partial charge is 0.481 e. The lowest BCUT2D eigenvalue weighted by Crippen LogP contribution is -2.29. The molecule has 2 atom stereocenters. The van der Waals surface area contributed by atoms with Crippen molar-refractivity contribution in [1.29, 1.82) is 0 Å². The van der Waals surface area contributed by atoms with Gasteiger partial charge in [-0.15, -0.1) is 0 Å². The summed E-state index contributed by atoms with van der Waals surface area (Å²) in [5.41, 5.74) is 6.61. The first-order chi connectivity index (χ1) is 15.7. The zero-order chi connectivity index (χ0) is 23.6. The van der Waals surface area contributed by atoms with Crippen LogP contribution >= 0.6 is 7.37 Å². The molecule has 0 heterocycles. The van der Waals surface area contributed by atoms with Gasteiger partial charge in [-0.25, -0.2) is 4.39 Å². The number of aliphatic hydroxyl groups excluding tert-OH is 1. The first-order valence-corrected chi connectivity index (χ1v) is 12.9. The van der Waals surface area contributed by atoms with Crippen molar-refractivity contribution < 1.29 is 28.9 Å². The van der Waals surface area contributed by atoms with E-state index in [0.717, 1.165) is 59.9 Å². The summed E-state index contributed by atoms with van der Waals surface area (Å²) in [6, 6.07) is 14.2. The minimum Gasteiger partial charge on any atom is -0.481 e. The monoisotopic (exact) mass is 468 g/mol. The second-order valence-electron chi connectivity index (χ2n) is 8.82. The normalized spacial score (nSPS) is 19.4. The van der Waals surface area contributed by atoms with Gasteiger partial charge in [0.15, 0.2) is 0 Å². The highest BCUT2D eigenvalue weighted by Crippen LogP contribution is 2.55. The molecule has 1 saturated carbocycles. The van der Waals surface area contributed by atoms with Crippen LogP contribution in [0.1, 0.15) is 55.2 Å².